The van der Waals surface area contributed by atoms with E-state index in [9.17, 15) is 9.59 Å². The van der Waals surface area contributed by atoms with Gasteiger partial charge in [-0.2, -0.15) is 0 Å². The van der Waals surface area contributed by atoms with E-state index in [-0.39, 0.29) is 19.2 Å². The second-order valence-corrected chi connectivity index (χ2v) is 14.0. The van der Waals surface area contributed by atoms with Gasteiger partial charge in [-0.3, -0.25) is 9.59 Å². The molecule has 2 N–H and O–H groups in total. The maximum absolute atomic E-state index is 12.7. The first-order valence-corrected chi connectivity index (χ1v) is 17.8. The van der Waals surface area contributed by atoms with E-state index in [1.165, 1.54) is 34.6 Å². The molecule has 0 saturated carbocycles. The minimum absolute atomic E-state index is 0. The molecule has 50 heavy (non-hydrogen) atoms. The highest BCUT2D eigenvalue weighted by molar-refractivity contribution is 6.32. The fourth-order valence-electron chi connectivity index (χ4n) is 6.00. The largest absolute Gasteiger partial charge is 0.381 e. The third kappa shape index (κ3) is 10.8. The summed E-state index contributed by atoms with van der Waals surface area (Å²) >= 11 is 23.9. The molecule has 0 radical (unpaired) electrons. The van der Waals surface area contributed by atoms with Gasteiger partial charge in [0.2, 0.25) is 5.91 Å². The van der Waals surface area contributed by atoms with Crippen molar-refractivity contribution in [1.29, 1.82) is 0 Å². The van der Waals surface area contributed by atoms with Crippen LogP contribution >= 0.6 is 46.4 Å². The SMILES string of the molecule is C.C1CCOC1.CN1C(=O)C(Cc2ccc(Cl)cc2)NC(=O)c2cc(Cl)ccc21.CN1CC(Cc2ccc(Cl)cc2)NCc2cc(Cl)ccc21. The van der Waals surface area contributed by atoms with Crippen LogP contribution in [0.2, 0.25) is 20.1 Å². The molecule has 0 spiro atoms. The van der Waals surface area contributed by atoms with Crippen molar-refractivity contribution in [1.82, 2.24) is 10.6 Å². The average Bonchev–Trinajstić information content (AvgIpc) is 3.62. The molecule has 3 aliphatic heterocycles. The zero-order valence-corrected chi connectivity index (χ0v) is 30.5. The maximum Gasteiger partial charge on any atom is 0.254 e. The molecule has 2 atom stereocenters. The van der Waals surface area contributed by atoms with E-state index in [1.54, 1.807) is 37.4 Å². The van der Waals surface area contributed by atoms with Crippen LogP contribution in [0.25, 0.3) is 0 Å². The summed E-state index contributed by atoms with van der Waals surface area (Å²) in [5, 5.41) is 9.07. The summed E-state index contributed by atoms with van der Waals surface area (Å²) in [5.74, 6) is -0.478. The highest BCUT2D eigenvalue weighted by Crippen LogP contribution is 2.28. The van der Waals surface area contributed by atoms with Crippen molar-refractivity contribution in [2.24, 2.45) is 0 Å². The van der Waals surface area contributed by atoms with Gasteiger partial charge in [-0.1, -0.05) is 78.1 Å². The Balaban J connectivity index is 0.000000194. The first-order chi connectivity index (χ1) is 23.6. The lowest BCUT2D eigenvalue weighted by atomic mass is 10.1. The highest BCUT2D eigenvalue weighted by Gasteiger charge is 2.32. The Morgan fingerprint density at radius 2 is 1.26 bits per heavy atom. The smallest absolute Gasteiger partial charge is 0.254 e. The first-order valence-electron chi connectivity index (χ1n) is 16.2. The fourth-order valence-corrected chi connectivity index (χ4v) is 6.61. The number of fused-ring (bicyclic) bond motifs is 2. The standard InChI is InChI=1S/C17H14Cl2N2O2.C17H18Cl2N2.C4H8O.CH4/c1-21-15-7-6-12(19)9-13(15)16(22)20-14(17(21)23)8-10-2-4-11(18)5-3-10;1-21-11-16(8-12-2-4-14(18)5-3-12)20-10-13-9-15(19)6-7-17(13)21;1-2-4-5-3-1;/h2-7,9,14H,8H2,1H3,(H,20,22);2-7,9,16,20H,8,10-11H2,1H3;1-4H2;1H4. The third-order valence-corrected chi connectivity index (χ3v) is 9.58. The Morgan fingerprint density at radius 3 is 1.84 bits per heavy atom. The van der Waals surface area contributed by atoms with Crippen LogP contribution in [0.5, 0.6) is 0 Å². The van der Waals surface area contributed by atoms with Gasteiger partial charge in [0, 0.05) is 78.6 Å². The number of halogens is 4. The minimum atomic E-state index is -0.639. The van der Waals surface area contributed by atoms with Crippen molar-refractivity contribution in [3.05, 3.63) is 127 Å². The second-order valence-electron chi connectivity index (χ2n) is 12.3. The van der Waals surface area contributed by atoms with E-state index in [1.807, 2.05) is 36.4 Å². The third-order valence-electron chi connectivity index (χ3n) is 8.60. The predicted molar refractivity (Wildman–Crippen MR) is 209 cm³/mol. The molecule has 0 bridgehead atoms. The molecule has 7 nitrogen and oxygen atoms in total. The van der Waals surface area contributed by atoms with Crippen LogP contribution in [0.15, 0.2) is 84.9 Å². The summed E-state index contributed by atoms with van der Waals surface area (Å²) in [6.07, 6.45) is 3.94. The summed E-state index contributed by atoms with van der Waals surface area (Å²) in [5.41, 5.74) is 5.68. The van der Waals surface area contributed by atoms with E-state index >= 15 is 0 Å². The summed E-state index contributed by atoms with van der Waals surface area (Å²) in [4.78, 5) is 28.9. The predicted octanol–water partition coefficient (Wildman–Crippen LogP) is 8.89. The number of carbonyl (C=O) groups is 2. The molecule has 11 heteroatoms. The Bertz CT molecular complexity index is 1730. The molecule has 1 saturated heterocycles. The summed E-state index contributed by atoms with van der Waals surface area (Å²) in [6, 6.07) is 26.1. The molecule has 7 rings (SSSR count). The van der Waals surface area contributed by atoms with Crippen molar-refractivity contribution in [3.8, 4) is 0 Å². The van der Waals surface area contributed by atoms with Gasteiger partial charge in [-0.05, 0) is 96.6 Å². The minimum Gasteiger partial charge on any atom is -0.381 e. The lowest BCUT2D eigenvalue weighted by Crippen LogP contribution is -2.45. The lowest BCUT2D eigenvalue weighted by molar-refractivity contribution is -0.120. The second kappa shape index (κ2) is 18.8. The van der Waals surface area contributed by atoms with Gasteiger partial charge in [-0.25, -0.2) is 0 Å². The van der Waals surface area contributed by atoms with Gasteiger partial charge in [0.25, 0.3) is 5.91 Å². The Morgan fingerprint density at radius 1 is 0.720 bits per heavy atom. The Hall–Kier alpha value is -3.30. The van der Waals surface area contributed by atoms with Crippen LogP contribution in [-0.4, -0.2) is 57.8 Å². The number of rotatable bonds is 4. The summed E-state index contributed by atoms with van der Waals surface area (Å²) in [7, 11) is 3.79. The van der Waals surface area contributed by atoms with E-state index in [0.717, 1.165) is 48.3 Å². The topological polar surface area (TPSA) is 73.9 Å². The number of ether oxygens (including phenoxy) is 1. The van der Waals surface area contributed by atoms with E-state index in [2.05, 4.69) is 40.8 Å². The molecule has 1 fully saturated rings. The summed E-state index contributed by atoms with van der Waals surface area (Å²) < 4.78 is 4.94. The van der Waals surface area contributed by atoms with Crippen LogP contribution in [0.1, 0.15) is 47.3 Å². The monoisotopic (exact) mass is 756 g/mol. The molecule has 3 aliphatic rings. The van der Waals surface area contributed by atoms with Crippen molar-refractivity contribution in [2.75, 3.05) is 43.7 Å². The number of likely N-dealkylation sites (N-methyl/N-ethyl adjacent to an activating group) is 2. The number of carbonyl (C=O) groups excluding carboxylic acids is 2. The Labute approximate surface area is 315 Å². The number of benzene rings is 4. The van der Waals surface area contributed by atoms with Gasteiger partial charge in [0.05, 0.1) is 11.3 Å². The molecule has 266 valence electrons. The van der Waals surface area contributed by atoms with E-state index in [4.69, 9.17) is 51.1 Å². The fraction of sp³-hybridized carbons (Fsp3) is 0.333. The zero-order valence-electron chi connectivity index (χ0n) is 27.5. The van der Waals surface area contributed by atoms with Gasteiger partial charge >= 0.3 is 0 Å². The van der Waals surface area contributed by atoms with Crippen molar-refractivity contribution in [2.45, 2.75) is 51.7 Å². The van der Waals surface area contributed by atoms with Crippen LogP contribution in [-0.2, 0) is 28.9 Å². The number of amides is 2. The molecule has 0 aromatic heterocycles. The molecule has 2 unspecified atom stereocenters. The molecule has 2 amide bonds. The first kappa shape index (κ1) is 39.5. The van der Waals surface area contributed by atoms with Gasteiger partial charge in [0.15, 0.2) is 0 Å². The highest BCUT2D eigenvalue weighted by atomic mass is 35.5. The molecule has 0 aliphatic carbocycles. The average molecular weight is 759 g/mol. The number of anilines is 2. The van der Waals surface area contributed by atoms with E-state index < -0.39 is 6.04 Å². The van der Waals surface area contributed by atoms with Crippen molar-refractivity contribution < 1.29 is 14.3 Å². The normalized spacial score (nSPS) is 18.1. The zero-order chi connectivity index (χ0) is 34.9. The molecule has 4 aromatic carbocycles. The Kier molecular flexibility index (Phi) is 14.8. The van der Waals surface area contributed by atoms with Crippen LogP contribution < -0.4 is 20.4 Å². The number of hydrogen-bond acceptors (Lipinski definition) is 5. The molecular formula is C39H44Cl4N4O3. The molecule has 4 aromatic rings. The van der Waals surface area contributed by atoms with E-state index in [0.29, 0.717) is 33.8 Å². The van der Waals surface area contributed by atoms with Crippen LogP contribution in [0.3, 0.4) is 0 Å². The van der Waals surface area contributed by atoms with Gasteiger partial charge in [-0.15, -0.1) is 0 Å². The van der Waals surface area contributed by atoms with Crippen LogP contribution in [0, 0.1) is 0 Å². The molecular weight excluding hydrogens is 714 g/mol. The summed E-state index contributed by atoms with van der Waals surface area (Å²) in [6.45, 7) is 3.82. The van der Waals surface area contributed by atoms with Gasteiger partial charge in [0.1, 0.15) is 6.04 Å². The maximum atomic E-state index is 12.7. The number of hydrogen-bond donors (Lipinski definition) is 2. The lowest BCUT2D eigenvalue weighted by Gasteiger charge is -2.23. The number of nitrogens with one attached hydrogen (secondary N) is 2. The molecule has 3 heterocycles. The van der Waals surface area contributed by atoms with Gasteiger partial charge < -0.3 is 25.2 Å². The van der Waals surface area contributed by atoms with Crippen molar-refractivity contribution >= 4 is 69.6 Å². The number of nitrogens with zero attached hydrogens (tertiary/aromatic N) is 2. The van der Waals surface area contributed by atoms with Crippen molar-refractivity contribution in [3.63, 3.8) is 0 Å². The van der Waals surface area contributed by atoms with Crippen LogP contribution in [0.4, 0.5) is 11.4 Å². The quantitative estimate of drug-likeness (QED) is 0.218.